The highest BCUT2D eigenvalue weighted by Gasteiger charge is 2.21. The number of fused-ring (bicyclic) bond motifs is 1. The van der Waals surface area contributed by atoms with E-state index in [1.807, 2.05) is 49.5 Å². The summed E-state index contributed by atoms with van der Waals surface area (Å²) in [4.78, 5) is 14.3. The molecule has 0 aromatic heterocycles. The predicted molar refractivity (Wildman–Crippen MR) is 82.0 cm³/mol. The van der Waals surface area contributed by atoms with Gasteiger partial charge in [-0.3, -0.25) is 4.79 Å². The Kier molecular flexibility index (Phi) is 3.15. The number of aryl methyl sites for hydroxylation is 1. The molecule has 1 aliphatic heterocycles. The van der Waals surface area contributed by atoms with Gasteiger partial charge in [-0.15, -0.1) is 0 Å². The van der Waals surface area contributed by atoms with Crippen molar-refractivity contribution in [3.8, 4) is 0 Å². The standard InChI is InChI=1S/C18H17NO/c1-13-7-9-14(10-8-13)17-11-15-5-3-4-6-16(15)12-19(2)18(17)20/h3-11H,12H2,1-2H3. The van der Waals surface area contributed by atoms with Crippen LogP contribution in [-0.4, -0.2) is 17.9 Å². The molecule has 0 unspecified atom stereocenters. The highest BCUT2D eigenvalue weighted by Crippen LogP contribution is 2.26. The van der Waals surface area contributed by atoms with Crippen molar-refractivity contribution in [1.82, 2.24) is 4.90 Å². The van der Waals surface area contributed by atoms with E-state index < -0.39 is 0 Å². The molecule has 0 atom stereocenters. The minimum Gasteiger partial charge on any atom is -0.337 e. The van der Waals surface area contributed by atoms with Crippen LogP contribution in [0.3, 0.4) is 0 Å². The third kappa shape index (κ3) is 2.25. The number of hydrogen-bond donors (Lipinski definition) is 0. The molecule has 1 heterocycles. The van der Waals surface area contributed by atoms with Crippen molar-refractivity contribution >= 4 is 17.6 Å². The smallest absolute Gasteiger partial charge is 0.254 e. The number of benzene rings is 2. The largest absolute Gasteiger partial charge is 0.337 e. The summed E-state index contributed by atoms with van der Waals surface area (Å²) in [5.41, 5.74) is 5.25. The number of likely N-dealkylation sites (N-methyl/N-ethyl adjacent to an activating group) is 1. The quantitative estimate of drug-likeness (QED) is 0.771. The lowest BCUT2D eigenvalue weighted by atomic mass is 10.0. The topological polar surface area (TPSA) is 20.3 Å². The molecule has 2 heteroatoms. The van der Waals surface area contributed by atoms with Crippen LogP contribution in [0, 0.1) is 6.92 Å². The van der Waals surface area contributed by atoms with Crippen LogP contribution < -0.4 is 0 Å². The summed E-state index contributed by atoms with van der Waals surface area (Å²) in [6.07, 6.45) is 2.01. The van der Waals surface area contributed by atoms with Crippen LogP contribution in [0.2, 0.25) is 0 Å². The molecule has 3 rings (SSSR count). The highest BCUT2D eigenvalue weighted by atomic mass is 16.2. The van der Waals surface area contributed by atoms with E-state index in [0.29, 0.717) is 6.54 Å². The van der Waals surface area contributed by atoms with Gasteiger partial charge in [-0.05, 0) is 29.7 Å². The van der Waals surface area contributed by atoms with Crippen molar-refractivity contribution in [3.05, 3.63) is 70.8 Å². The van der Waals surface area contributed by atoms with Gasteiger partial charge in [0.25, 0.3) is 5.91 Å². The zero-order valence-corrected chi connectivity index (χ0v) is 11.8. The Morgan fingerprint density at radius 2 is 1.70 bits per heavy atom. The van der Waals surface area contributed by atoms with E-state index in [1.54, 1.807) is 4.90 Å². The average Bonchev–Trinajstić information content (AvgIpc) is 2.58. The van der Waals surface area contributed by atoms with Gasteiger partial charge in [-0.2, -0.15) is 0 Å². The fourth-order valence-electron chi connectivity index (χ4n) is 2.51. The molecular formula is C18H17NO. The Balaban J connectivity index is 2.14. The van der Waals surface area contributed by atoms with Gasteiger partial charge in [0.05, 0.1) is 0 Å². The molecule has 20 heavy (non-hydrogen) atoms. The van der Waals surface area contributed by atoms with Crippen LogP contribution in [-0.2, 0) is 11.3 Å². The molecule has 2 aromatic rings. The summed E-state index contributed by atoms with van der Waals surface area (Å²) in [5, 5.41) is 0. The lowest BCUT2D eigenvalue weighted by Gasteiger charge is -2.17. The first-order valence-electron chi connectivity index (χ1n) is 6.77. The lowest BCUT2D eigenvalue weighted by Crippen LogP contribution is -2.25. The molecule has 0 saturated heterocycles. The van der Waals surface area contributed by atoms with E-state index >= 15 is 0 Å². The lowest BCUT2D eigenvalue weighted by molar-refractivity contribution is -0.124. The van der Waals surface area contributed by atoms with Crippen LogP contribution in [0.4, 0.5) is 0 Å². The summed E-state index contributed by atoms with van der Waals surface area (Å²) in [5.74, 6) is 0.0741. The summed E-state index contributed by atoms with van der Waals surface area (Å²) < 4.78 is 0. The third-order valence-corrected chi connectivity index (χ3v) is 3.70. The minimum atomic E-state index is 0.0741. The van der Waals surface area contributed by atoms with Gasteiger partial charge >= 0.3 is 0 Å². The van der Waals surface area contributed by atoms with Crippen molar-refractivity contribution < 1.29 is 4.79 Å². The molecule has 100 valence electrons. The zero-order valence-electron chi connectivity index (χ0n) is 11.8. The van der Waals surface area contributed by atoms with Crippen molar-refractivity contribution in [2.45, 2.75) is 13.5 Å². The molecule has 0 saturated carbocycles. The second-order valence-electron chi connectivity index (χ2n) is 5.28. The molecule has 0 bridgehead atoms. The molecule has 0 spiro atoms. The molecule has 1 aliphatic rings. The van der Waals surface area contributed by atoms with Crippen LogP contribution in [0.5, 0.6) is 0 Å². The van der Waals surface area contributed by atoms with Crippen LogP contribution in [0.1, 0.15) is 22.3 Å². The molecular weight excluding hydrogens is 246 g/mol. The maximum atomic E-state index is 12.6. The van der Waals surface area contributed by atoms with Gasteiger partial charge in [0, 0.05) is 19.2 Å². The van der Waals surface area contributed by atoms with Crippen LogP contribution >= 0.6 is 0 Å². The first kappa shape index (κ1) is 12.7. The molecule has 0 aliphatic carbocycles. The Morgan fingerprint density at radius 1 is 1.00 bits per heavy atom. The van der Waals surface area contributed by atoms with Gasteiger partial charge in [0.15, 0.2) is 0 Å². The van der Waals surface area contributed by atoms with E-state index in [4.69, 9.17) is 0 Å². The van der Waals surface area contributed by atoms with Gasteiger partial charge in [-0.25, -0.2) is 0 Å². The normalized spacial score (nSPS) is 14.6. The second kappa shape index (κ2) is 4.97. The van der Waals surface area contributed by atoms with Crippen molar-refractivity contribution in [2.24, 2.45) is 0 Å². The Hall–Kier alpha value is -2.35. The van der Waals surface area contributed by atoms with E-state index in [9.17, 15) is 4.79 Å². The minimum absolute atomic E-state index is 0.0741. The van der Waals surface area contributed by atoms with E-state index in [2.05, 4.69) is 19.1 Å². The first-order chi connectivity index (χ1) is 9.65. The number of amides is 1. The SMILES string of the molecule is Cc1ccc(C2=Cc3ccccc3CN(C)C2=O)cc1. The molecule has 2 aromatic carbocycles. The number of carbonyl (C=O) groups is 1. The number of hydrogen-bond acceptors (Lipinski definition) is 1. The Labute approximate surface area is 119 Å². The van der Waals surface area contributed by atoms with Gasteiger partial charge in [0.2, 0.25) is 0 Å². The monoisotopic (exact) mass is 263 g/mol. The summed E-state index contributed by atoms with van der Waals surface area (Å²) in [7, 11) is 1.85. The third-order valence-electron chi connectivity index (χ3n) is 3.70. The van der Waals surface area contributed by atoms with Crippen LogP contribution in [0.25, 0.3) is 11.6 Å². The van der Waals surface area contributed by atoms with E-state index in [-0.39, 0.29) is 5.91 Å². The maximum Gasteiger partial charge on any atom is 0.254 e. The molecule has 0 N–H and O–H groups in total. The highest BCUT2D eigenvalue weighted by molar-refractivity contribution is 6.24. The summed E-state index contributed by atoms with van der Waals surface area (Å²) in [6, 6.07) is 16.3. The molecule has 2 nitrogen and oxygen atoms in total. The number of rotatable bonds is 1. The number of carbonyl (C=O) groups excluding carboxylic acids is 1. The van der Waals surface area contributed by atoms with Crippen molar-refractivity contribution in [2.75, 3.05) is 7.05 Å². The van der Waals surface area contributed by atoms with Crippen molar-refractivity contribution in [3.63, 3.8) is 0 Å². The molecule has 0 fully saturated rings. The van der Waals surface area contributed by atoms with Crippen LogP contribution in [0.15, 0.2) is 48.5 Å². The van der Waals surface area contributed by atoms with Gasteiger partial charge in [0.1, 0.15) is 0 Å². The molecule has 0 radical (unpaired) electrons. The van der Waals surface area contributed by atoms with Gasteiger partial charge < -0.3 is 4.90 Å². The van der Waals surface area contributed by atoms with Gasteiger partial charge in [-0.1, -0.05) is 54.1 Å². The average molecular weight is 263 g/mol. The zero-order chi connectivity index (χ0) is 14.1. The number of nitrogens with zero attached hydrogens (tertiary/aromatic N) is 1. The Bertz CT molecular complexity index is 683. The van der Waals surface area contributed by atoms with E-state index in [1.165, 1.54) is 11.1 Å². The molecule has 1 amide bonds. The fraction of sp³-hybridized carbons (Fsp3) is 0.167. The Morgan fingerprint density at radius 3 is 2.45 bits per heavy atom. The summed E-state index contributed by atoms with van der Waals surface area (Å²) in [6.45, 7) is 2.70. The first-order valence-corrected chi connectivity index (χ1v) is 6.77. The summed E-state index contributed by atoms with van der Waals surface area (Å²) >= 11 is 0. The fourth-order valence-corrected chi connectivity index (χ4v) is 2.51. The van der Waals surface area contributed by atoms with Crippen molar-refractivity contribution in [1.29, 1.82) is 0 Å². The second-order valence-corrected chi connectivity index (χ2v) is 5.28. The maximum absolute atomic E-state index is 12.6. The predicted octanol–water partition coefficient (Wildman–Crippen LogP) is 3.51. The van der Waals surface area contributed by atoms with E-state index in [0.717, 1.165) is 16.7 Å².